The smallest absolute Gasteiger partial charge is 0.164 e. The third kappa shape index (κ3) is 6.01. The Bertz CT molecular complexity index is 4230. The Kier molecular flexibility index (Phi) is 8.55. The summed E-state index contributed by atoms with van der Waals surface area (Å²) >= 11 is 0. The summed E-state index contributed by atoms with van der Waals surface area (Å²) in [5, 5.41) is 17.8. The summed E-state index contributed by atoms with van der Waals surface area (Å²) in [5.41, 5.74) is 8.13. The first kappa shape index (κ1) is 38.2. The molecule has 0 amide bonds. The number of nitrogens with zero attached hydrogens (tertiary/aromatic N) is 4. The summed E-state index contributed by atoms with van der Waals surface area (Å²) in [6.07, 6.45) is 0. The van der Waals surface area contributed by atoms with Gasteiger partial charge in [0.25, 0.3) is 0 Å². The second-order valence-corrected chi connectivity index (χ2v) is 17.7. The van der Waals surface area contributed by atoms with Crippen molar-refractivity contribution in [3.05, 3.63) is 231 Å². The van der Waals surface area contributed by atoms with Gasteiger partial charge in [-0.3, -0.25) is 0 Å². The van der Waals surface area contributed by atoms with Crippen LogP contribution in [-0.2, 0) is 0 Å². The molecule has 14 rings (SSSR count). The highest BCUT2D eigenvalue weighted by Gasteiger charge is 2.20. The molecule has 0 bridgehead atoms. The number of hydrogen-bond donors (Lipinski definition) is 0. The largest absolute Gasteiger partial charge is 0.247 e. The van der Waals surface area contributed by atoms with Gasteiger partial charge in [-0.05, 0) is 94.0 Å². The molecule has 12 aromatic carbocycles. The van der Waals surface area contributed by atoms with Crippen molar-refractivity contribution in [1.29, 1.82) is 0 Å². The molecule has 0 radical (unpaired) electrons. The maximum Gasteiger partial charge on any atom is 0.164 e. The Hall–Kier alpha value is -9.12. The lowest BCUT2D eigenvalue weighted by molar-refractivity contribution is 1.08. The molecule has 4 nitrogen and oxygen atoms in total. The molecule has 68 heavy (non-hydrogen) atoms. The van der Waals surface area contributed by atoms with Crippen LogP contribution in [0.25, 0.3) is 143 Å². The minimum Gasteiger partial charge on any atom is -0.247 e. The lowest BCUT2D eigenvalue weighted by atomic mass is 9.89. The van der Waals surface area contributed by atoms with Crippen LogP contribution < -0.4 is 0 Å². The lowest BCUT2D eigenvalue weighted by Gasteiger charge is -2.16. The average molecular weight is 863 g/mol. The molecular weight excluding hydrogens is 825 g/mol. The predicted octanol–water partition coefficient (Wildman–Crippen LogP) is 16.8. The van der Waals surface area contributed by atoms with Crippen molar-refractivity contribution in [2.24, 2.45) is 0 Å². The molecule has 2 aromatic heterocycles. The van der Waals surface area contributed by atoms with Gasteiger partial charge in [0.15, 0.2) is 17.5 Å². The molecule has 314 valence electrons. The molecule has 0 aliphatic carbocycles. The van der Waals surface area contributed by atoms with Crippen molar-refractivity contribution in [1.82, 2.24) is 19.9 Å². The molecule has 0 saturated heterocycles. The van der Waals surface area contributed by atoms with Crippen LogP contribution in [0.3, 0.4) is 0 Å². The summed E-state index contributed by atoms with van der Waals surface area (Å²) < 4.78 is 0. The number of rotatable bonds is 5. The Morgan fingerprint density at radius 1 is 0.221 bits per heavy atom. The van der Waals surface area contributed by atoms with E-state index in [1.54, 1.807) is 0 Å². The van der Waals surface area contributed by atoms with Crippen molar-refractivity contribution >= 4 is 86.3 Å². The van der Waals surface area contributed by atoms with E-state index in [9.17, 15) is 0 Å². The van der Waals surface area contributed by atoms with Crippen LogP contribution in [0.5, 0.6) is 0 Å². The number of hydrogen-bond acceptors (Lipinski definition) is 4. The lowest BCUT2D eigenvalue weighted by Crippen LogP contribution is -2.01. The zero-order valence-corrected chi connectivity index (χ0v) is 36.7. The van der Waals surface area contributed by atoms with E-state index in [2.05, 4.69) is 231 Å². The molecule has 14 aromatic rings. The molecule has 2 heterocycles. The molecule has 0 saturated carbocycles. The Morgan fingerprint density at radius 3 is 1.09 bits per heavy atom. The first-order valence-corrected chi connectivity index (χ1v) is 23.1. The highest BCUT2D eigenvalue weighted by atomic mass is 15.0. The highest BCUT2D eigenvalue weighted by Crippen LogP contribution is 2.44. The van der Waals surface area contributed by atoms with E-state index in [0.717, 1.165) is 66.1 Å². The van der Waals surface area contributed by atoms with E-state index in [4.69, 9.17) is 19.9 Å². The number of para-hydroxylation sites is 1. The molecule has 0 unspecified atom stereocenters. The van der Waals surface area contributed by atoms with E-state index in [0.29, 0.717) is 17.5 Å². The predicted molar refractivity (Wildman–Crippen MR) is 285 cm³/mol. The van der Waals surface area contributed by atoms with Gasteiger partial charge in [-0.25, -0.2) is 19.9 Å². The van der Waals surface area contributed by atoms with E-state index in [1.165, 1.54) is 59.2 Å². The normalized spacial score (nSPS) is 11.8. The fourth-order valence-corrected chi connectivity index (χ4v) is 10.7. The summed E-state index contributed by atoms with van der Waals surface area (Å²) in [4.78, 5) is 21.3. The SMILES string of the molecule is c1ccc2c(c1)cc(-c1nc(-c3ccc(-c4ccc(-c5nc6ccccc6c6c7ccccc7c7ccccc7c56)cc4)cc3)nc(-c3cc4ccccc4c4ccccc34)n1)c1ccccc12. The van der Waals surface area contributed by atoms with Gasteiger partial charge in [0.2, 0.25) is 0 Å². The van der Waals surface area contributed by atoms with Crippen LogP contribution in [-0.4, -0.2) is 19.9 Å². The standard InChI is InChI=1S/C64H38N4/c1-3-17-45-43(15-1)37-56(51-23-7-5-19-47(45)51)63-66-62(67-64(68-63)57-38-44-16-2-4-18-46(44)48-20-6-8-24-52(48)57)42-35-31-40(32-36-42)39-29-33-41(34-30-39)61-60-54-26-12-10-22-50(54)49-21-9-11-25-53(49)59(60)55-27-13-14-28-58(55)65-61/h1-38H. The fourth-order valence-electron chi connectivity index (χ4n) is 10.7. The van der Waals surface area contributed by atoms with Crippen molar-refractivity contribution in [3.63, 3.8) is 0 Å². The Balaban J connectivity index is 0.907. The molecule has 0 atom stereocenters. The second kappa shape index (κ2) is 15.2. The van der Waals surface area contributed by atoms with E-state index in [1.807, 2.05) is 0 Å². The Morgan fingerprint density at radius 2 is 0.574 bits per heavy atom. The van der Waals surface area contributed by atoms with Crippen LogP contribution in [0.15, 0.2) is 231 Å². The van der Waals surface area contributed by atoms with Crippen LogP contribution in [0.2, 0.25) is 0 Å². The fraction of sp³-hybridized carbons (Fsp3) is 0. The molecule has 0 N–H and O–H groups in total. The average Bonchev–Trinajstić information content (AvgIpc) is 3.42. The summed E-state index contributed by atoms with van der Waals surface area (Å²) in [5.74, 6) is 1.90. The molecule has 0 aliphatic rings. The second-order valence-electron chi connectivity index (χ2n) is 17.7. The summed E-state index contributed by atoms with van der Waals surface area (Å²) in [7, 11) is 0. The van der Waals surface area contributed by atoms with Crippen LogP contribution in [0.1, 0.15) is 0 Å². The first-order chi connectivity index (χ1) is 33.7. The summed E-state index contributed by atoms with van der Waals surface area (Å²) in [6.45, 7) is 0. The van der Waals surface area contributed by atoms with E-state index >= 15 is 0 Å². The van der Waals surface area contributed by atoms with Gasteiger partial charge in [-0.1, -0.05) is 212 Å². The number of fused-ring (bicyclic) bond motifs is 14. The van der Waals surface area contributed by atoms with Crippen molar-refractivity contribution in [3.8, 4) is 56.5 Å². The first-order valence-electron chi connectivity index (χ1n) is 23.1. The van der Waals surface area contributed by atoms with Gasteiger partial charge in [0, 0.05) is 38.4 Å². The van der Waals surface area contributed by atoms with E-state index < -0.39 is 0 Å². The highest BCUT2D eigenvalue weighted by molar-refractivity contribution is 6.33. The number of benzene rings is 12. The van der Waals surface area contributed by atoms with E-state index in [-0.39, 0.29) is 0 Å². The third-order valence-electron chi connectivity index (χ3n) is 13.9. The minimum atomic E-state index is 0.621. The minimum absolute atomic E-state index is 0.621. The van der Waals surface area contributed by atoms with Gasteiger partial charge >= 0.3 is 0 Å². The monoisotopic (exact) mass is 862 g/mol. The number of aromatic nitrogens is 4. The van der Waals surface area contributed by atoms with Gasteiger partial charge in [-0.15, -0.1) is 0 Å². The molecule has 0 fully saturated rings. The molecule has 4 heteroatoms. The van der Waals surface area contributed by atoms with Crippen LogP contribution in [0.4, 0.5) is 0 Å². The zero-order valence-electron chi connectivity index (χ0n) is 36.7. The molecular formula is C64H38N4. The van der Waals surface area contributed by atoms with Gasteiger partial charge in [0.05, 0.1) is 11.2 Å². The van der Waals surface area contributed by atoms with Gasteiger partial charge in [-0.2, -0.15) is 0 Å². The topological polar surface area (TPSA) is 51.6 Å². The van der Waals surface area contributed by atoms with Gasteiger partial charge in [0.1, 0.15) is 0 Å². The van der Waals surface area contributed by atoms with Crippen LogP contribution >= 0.6 is 0 Å². The molecule has 0 spiro atoms. The third-order valence-corrected chi connectivity index (χ3v) is 13.9. The Labute approximate surface area is 391 Å². The van der Waals surface area contributed by atoms with Crippen LogP contribution in [0, 0.1) is 0 Å². The van der Waals surface area contributed by atoms with Gasteiger partial charge < -0.3 is 0 Å². The van der Waals surface area contributed by atoms with Crippen molar-refractivity contribution < 1.29 is 0 Å². The zero-order chi connectivity index (χ0) is 44.7. The quantitative estimate of drug-likeness (QED) is 0.162. The summed E-state index contributed by atoms with van der Waals surface area (Å²) in [6, 6.07) is 82.2. The van der Waals surface area contributed by atoms with Crippen molar-refractivity contribution in [2.75, 3.05) is 0 Å². The molecule has 0 aliphatic heterocycles. The number of pyridine rings is 1. The maximum atomic E-state index is 5.38. The van der Waals surface area contributed by atoms with Crippen molar-refractivity contribution in [2.45, 2.75) is 0 Å². The maximum absolute atomic E-state index is 5.38.